The third kappa shape index (κ3) is 3.29. The molecule has 4 atom stereocenters. The van der Waals surface area contributed by atoms with E-state index in [2.05, 4.69) is 15.0 Å². The molecule has 0 amide bonds. The zero-order valence-corrected chi connectivity index (χ0v) is 15.4. The maximum absolute atomic E-state index is 12.3. The van der Waals surface area contributed by atoms with Gasteiger partial charge in [0.2, 0.25) is 5.12 Å². The molecule has 1 aliphatic heterocycles. The van der Waals surface area contributed by atoms with Gasteiger partial charge in [-0.15, -0.1) is 0 Å². The topological polar surface area (TPSA) is 116 Å². The minimum atomic E-state index is -0.706. The second kappa shape index (κ2) is 7.26. The Morgan fingerprint density at radius 2 is 2.07 bits per heavy atom. The van der Waals surface area contributed by atoms with Crippen molar-refractivity contribution in [3.8, 4) is 0 Å². The van der Waals surface area contributed by atoms with Crippen LogP contribution >= 0.6 is 11.8 Å². The van der Waals surface area contributed by atoms with Gasteiger partial charge in [0, 0.05) is 17.2 Å². The zero-order valence-electron chi connectivity index (χ0n) is 14.6. The summed E-state index contributed by atoms with van der Waals surface area (Å²) in [6.45, 7) is 1.90. The molecule has 3 heterocycles. The van der Waals surface area contributed by atoms with Crippen molar-refractivity contribution in [3.63, 3.8) is 0 Å². The number of nitrogen functional groups attached to an aromatic ring is 1. The SMILES string of the molecule is C[C@@H]1[C@H](O)[C@@H](CSC(=O)c2ccccc2)O[C@H]1n1cnc2c(N)ncnc21. The number of ether oxygens (including phenoxy) is 1. The number of nitrogens with zero attached hydrogens (tertiary/aromatic N) is 4. The highest BCUT2D eigenvalue weighted by Crippen LogP contribution is 2.37. The molecule has 140 valence electrons. The van der Waals surface area contributed by atoms with Crippen LogP contribution in [0.25, 0.3) is 11.2 Å². The van der Waals surface area contributed by atoms with Crippen LogP contribution in [-0.2, 0) is 4.74 Å². The molecule has 1 aromatic carbocycles. The van der Waals surface area contributed by atoms with Gasteiger partial charge in [0.25, 0.3) is 0 Å². The van der Waals surface area contributed by atoms with Gasteiger partial charge in [0.15, 0.2) is 11.5 Å². The predicted molar refractivity (Wildman–Crippen MR) is 102 cm³/mol. The first-order chi connectivity index (χ1) is 13.1. The molecule has 1 saturated heterocycles. The Balaban J connectivity index is 1.49. The van der Waals surface area contributed by atoms with Crippen molar-refractivity contribution in [2.75, 3.05) is 11.5 Å². The largest absolute Gasteiger partial charge is 0.390 e. The van der Waals surface area contributed by atoms with Gasteiger partial charge in [-0.3, -0.25) is 9.36 Å². The van der Waals surface area contributed by atoms with Crippen LogP contribution in [0.3, 0.4) is 0 Å². The van der Waals surface area contributed by atoms with Gasteiger partial charge in [0.1, 0.15) is 18.1 Å². The van der Waals surface area contributed by atoms with Gasteiger partial charge in [-0.2, -0.15) is 0 Å². The highest BCUT2D eigenvalue weighted by atomic mass is 32.2. The maximum Gasteiger partial charge on any atom is 0.219 e. The number of carbonyl (C=O) groups is 1. The number of carbonyl (C=O) groups excluding carboxylic acids is 1. The first-order valence-corrected chi connectivity index (χ1v) is 9.53. The molecule has 3 aromatic rings. The minimum absolute atomic E-state index is 0.0453. The number of imidazole rings is 1. The minimum Gasteiger partial charge on any atom is -0.390 e. The summed E-state index contributed by atoms with van der Waals surface area (Å²) in [6.07, 6.45) is 1.34. The molecule has 4 rings (SSSR count). The Morgan fingerprint density at radius 1 is 1.30 bits per heavy atom. The van der Waals surface area contributed by atoms with Crippen LogP contribution in [0.1, 0.15) is 23.5 Å². The zero-order chi connectivity index (χ0) is 19.0. The van der Waals surface area contributed by atoms with Crippen molar-refractivity contribution in [3.05, 3.63) is 48.5 Å². The molecule has 1 fully saturated rings. The second-order valence-electron chi connectivity index (χ2n) is 6.46. The standard InChI is InChI=1S/C18H19N5O3S/c1-10-14(24)12(7-27-18(25)11-5-3-2-4-6-11)26-17(10)23-9-22-13-15(19)20-8-21-16(13)23/h2-6,8-10,12,14,17,24H,7H2,1H3,(H2,19,20,21)/t10-,12-,14+,17-/m1/s1. The molecular weight excluding hydrogens is 366 g/mol. The number of hydrogen-bond donors (Lipinski definition) is 2. The number of nitrogens with two attached hydrogens (primary N) is 1. The van der Waals surface area contributed by atoms with E-state index in [-0.39, 0.29) is 11.0 Å². The number of anilines is 1. The molecule has 0 radical (unpaired) electrons. The number of rotatable bonds is 4. The molecular formula is C18H19N5O3S. The summed E-state index contributed by atoms with van der Waals surface area (Å²) in [4.78, 5) is 24.7. The van der Waals surface area contributed by atoms with Crippen molar-refractivity contribution in [1.82, 2.24) is 19.5 Å². The molecule has 3 N–H and O–H groups in total. The molecule has 27 heavy (non-hydrogen) atoms. The lowest BCUT2D eigenvalue weighted by atomic mass is 10.0. The monoisotopic (exact) mass is 385 g/mol. The van der Waals surface area contributed by atoms with E-state index in [0.717, 1.165) is 11.8 Å². The second-order valence-corrected chi connectivity index (χ2v) is 7.46. The van der Waals surface area contributed by atoms with Gasteiger partial charge >= 0.3 is 0 Å². The lowest BCUT2D eigenvalue weighted by Gasteiger charge is -2.17. The first-order valence-electron chi connectivity index (χ1n) is 8.55. The fraction of sp³-hybridized carbons (Fsp3) is 0.333. The van der Waals surface area contributed by atoms with Gasteiger partial charge in [-0.05, 0) is 0 Å². The van der Waals surface area contributed by atoms with Crippen LogP contribution in [0.5, 0.6) is 0 Å². The van der Waals surface area contributed by atoms with Crippen LogP contribution in [0.2, 0.25) is 0 Å². The van der Waals surface area contributed by atoms with Crippen LogP contribution in [0.4, 0.5) is 5.82 Å². The molecule has 0 spiro atoms. The Morgan fingerprint density at radius 3 is 2.85 bits per heavy atom. The lowest BCUT2D eigenvalue weighted by Crippen LogP contribution is -2.27. The summed E-state index contributed by atoms with van der Waals surface area (Å²) < 4.78 is 7.82. The van der Waals surface area contributed by atoms with E-state index in [9.17, 15) is 9.90 Å². The van der Waals surface area contributed by atoms with Crippen molar-refractivity contribution in [2.24, 2.45) is 5.92 Å². The summed E-state index contributed by atoms with van der Waals surface area (Å²) in [5.41, 5.74) is 7.52. The van der Waals surface area contributed by atoms with Crippen LogP contribution < -0.4 is 5.73 Å². The molecule has 0 aliphatic carbocycles. The number of hydrogen-bond acceptors (Lipinski definition) is 8. The highest BCUT2D eigenvalue weighted by molar-refractivity contribution is 8.14. The van der Waals surface area contributed by atoms with E-state index in [4.69, 9.17) is 10.5 Å². The van der Waals surface area contributed by atoms with Gasteiger partial charge in [0.05, 0.1) is 18.5 Å². The number of benzene rings is 1. The Bertz CT molecular complexity index is 964. The van der Waals surface area contributed by atoms with Crippen molar-refractivity contribution in [2.45, 2.75) is 25.4 Å². The number of thioether (sulfide) groups is 1. The molecule has 0 saturated carbocycles. The van der Waals surface area contributed by atoms with E-state index >= 15 is 0 Å². The summed E-state index contributed by atoms with van der Waals surface area (Å²) in [6, 6.07) is 9.06. The number of fused-ring (bicyclic) bond motifs is 1. The molecule has 0 unspecified atom stereocenters. The van der Waals surface area contributed by atoms with Crippen LogP contribution in [-0.4, -0.2) is 47.7 Å². The van der Waals surface area contributed by atoms with Gasteiger partial charge in [-0.1, -0.05) is 49.0 Å². The third-order valence-corrected chi connectivity index (χ3v) is 5.73. The van der Waals surface area contributed by atoms with Crippen LogP contribution in [0, 0.1) is 5.92 Å². The fourth-order valence-electron chi connectivity index (χ4n) is 3.22. The average Bonchev–Trinajstić information content (AvgIpc) is 3.23. The smallest absolute Gasteiger partial charge is 0.219 e. The molecule has 1 aliphatic rings. The van der Waals surface area contributed by atoms with Crippen molar-refractivity contribution in [1.29, 1.82) is 0 Å². The quantitative estimate of drug-likeness (QED) is 0.699. The number of aliphatic hydroxyl groups is 1. The Hall–Kier alpha value is -2.49. The van der Waals surface area contributed by atoms with Gasteiger partial charge in [-0.25, -0.2) is 15.0 Å². The summed E-state index contributed by atoms with van der Waals surface area (Å²) >= 11 is 1.14. The fourth-order valence-corrected chi connectivity index (χ4v) is 4.11. The van der Waals surface area contributed by atoms with Crippen molar-refractivity contribution < 1.29 is 14.6 Å². The van der Waals surface area contributed by atoms with E-state index in [0.29, 0.717) is 28.3 Å². The maximum atomic E-state index is 12.3. The van der Waals surface area contributed by atoms with E-state index < -0.39 is 18.4 Å². The summed E-state index contributed by atoms with van der Waals surface area (Å²) in [5, 5.41) is 10.6. The van der Waals surface area contributed by atoms with Crippen molar-refractivity contribution >= 4 is 33.9 Å². The average molecular weight is 385 g/mol. The lowest BCUT2D eigenvalue weighted by molar-refractivity contribution is -0.00752. The van der Waals surface area contributed by atoms with E-state index in [1.165, 1.54) is 6.33 Å². The van der Waals surface area contributed by atoms with Crippen LogP contribution in [0.15, 0.2) is 43.0 Å². The predicted octanol–water partition coefficient (Wildman–Crippen LogP) is 1.88. The molecule has 0 bridgehead atoms. The third-order valence-electron chi connectivity index (χ3n) is 4.73. The Labute approximate surface area is 159 Å². The molecule has 9 heteroatoms. The first kappa shape index (κ1) is 17.9. The molecule has 2 aromatic heterocycles. The normalized spacial score (nSPS) is 25.1. The number of aromatic nitrogens is 4. The molecule has 8 nitrogen and oxygen atoms in total. The van der Waals surface area contributed by atoms with E-state index in [1.54, 1.807) is 23.0 Å². The Kier molecular flexibility index (Phi) is 4.81. The summed E-state index contributed by atoms with van der Waals surface area (Å²) in [5.74, 6) is 0.459. The summed E-state index contributed by atoms with van der Waals surface area (Å²) in [7, 11) is 0. The number of aliphatic hydroxyl groups excluding tert-OH is 1. The highest BCUT2D eigenvalue weighted by Gasteiger charge is 2.42. The van der Waals surface area contributed by atoms with Gasteiger partial charge < -0.3 is 15.6 Å². The van der Waals surface area contributed by atoms with E-state index in [1.807, 2.05) is 25.1 Å².